The van der Waals surface area contributed by atoms with E-state index in [0.29, 0.717) is 6.61 Å². The summed E-state index contributed by atoms with van der Waals surface area (Å²) in [4.78, 5) is 17.9. The summed E-state index contributed by atoms with van der Waals surface area (Å²) < 4.78 is 26.4. The van der Waals surface area contributed by atoms with Gasteiger partial charge in [0.1, 0.15) is 24.4 Å². The van der Waals surface area contributed by atoms with E-state index in [0.717, 1.165) is 25.7 Å². The number of rotatable bonds is 10. The van der Waals surface area contributed by atoms with E-state index >= 15 is 0 Å². The van der Waals surface area contributed by atoms with Crippen molar-refractivity contribution in [2.45, 2.75) is 70.2 Å². The topological polar surface area (TPSA) is 146 Å². The summed E-state index contributed by atoms with van der Waals surface area (Å²) in [6.45, 7) is 3.79. The first-order chi connectivity index (χ1) is 11.2. The number of phosphoric ester groups is 1. The van der Waals surface area contributed by atoms with Gasteiger partial charge in [0.05, 0.1) is 13.2 Å². The molecule has 0 saturated carbocycles. The molecule has 10 heteroatoms. The fourth-order valence-corrected chi connectivity index (χ4v) is 3.40. The Kier molecular flexibility index (Phi) is 9.29. The van der Waals surface area contributed by atoms with E-state index in [2.05, 4.69) is 18.4 Å². The van der Waals surface area contributed by atoms with Crippen LogP contribution in [0.2, 0.25) is 0 Å². The van der Waals surface area contributed by atoms with Gasteiger partial charge in [-0.15, -0.1) is 0 Å². The minimum atomic E-state index is -4.94. The lowest BCUT2D eigenvalue weighted by atomic mass is 9.98. The average Bonchev–Trinajstić information content (AvgIpc) is 2.50. The van der Waals surface area contributed by atoms with Crippen molar-refractivity contribution in [2.24, 2.45) is 5.92 Å². The van der Waals surface area contributed by atoms with Crippen LogP contribution in [-0.2, 0) is 18.6 Å². The van der Waals surface area contributed by atoms with E-state index in [1.54, 1.807) is 0 Å². The largest absolute Gasteiger partial charge is 0.470 e. The Morgan fingerprint density at radius 1 is 1.12 bits per heavy atom. The van der Waals surface area contributed by atoms with Crippen molar-refractivity contribution in [2.75, 3.05) is 13.2 Å². The van der Waals surface area contributed by atoms with Crippen LogP contribution in [0.25, 0.3) is 0 Å². The third-order valence-corrected chi connectivity index (χ3v) is 4.49. The van der Waals surface area contributed by atoms with E-state index in [9.17, 15) is 19.9 Å². The second-order valence-corrected chi connectivity index (χ2v) is 7.24. The van der Waals surface area contributed by atoms with Gasteiger partial charge in [-0.1, -0.05) is 26.7 Å². The standard InChI is InChI=1S/C14H29O9P/c1-3-5-9(6-4-2)8-21-14-12(17)13(23-24(18,19)20)11(16)10(7-15)22-14/h9-17H,3-8H2,1-2H3,(H2,18,19,20)/t10-,11+,12-,13+,14-/m1/s1. The molecular formula is C14H29O9P. The molecule has 144 valence electrons. The first-order valence-electron chi connectivity index (χ1n) is 8.21. The molecule has 0 spiro atoms. The van der Waals surface area contributed by atoms with Crippen molar-refractivity contribution >= 4 is 7.82 Å². The Morgan fingerprint density at radius 2 is 1.71 bits per heavy atom. The summed E-state index contributed by atoms with van der Waals surface area (Å²) in [7, 11) is -4.94. The van der Waals surface area contributed by atoms with Crippen molar-refractivity contribution in [3.8, 4) is 0 Å². The van der Waals surface area contributed by atoms with Gasteiger partial charge in [0, 0.05) is 0 Å². The Balaban J connectivity index is 2.76. The summed E-state index contributed by atoms with van der Waals surface area (Å²) >= 11 is 0. The van der Waals surface area contributed by atoms with Crippen molar-refractivity contribution < 1.29 is 43.7 Å². The predicted octanol–water partition coefficient (Wildman–Crippen LogP) is 0.136. The molecule has 1 saturated heterocycles. The van der Waals surface area contributed by atoms with Gasteiger partial charge < -0.3 is 34.6 Å². The van der Waals surface area contributed by atoms with Crippen LogP contribution in [0.3, 0.4) is 0 Å². The Labute approximate surface area is 141 Å². The summed E-state index contributed by atoms with van der Waals surface area (Å²) in [6, 6.07) is 0. The molecule has 0 aliphatic carbocycles. The predicted molar refractivity (Wildman–Crippen MR) is 83.9 cm³/mol. The van der Waals surface area contributed by atoms with Crippen LogP contribution in [0.4, 0.5) is 0 Å². The molecule has 5 N–H and O–H groups in total. The van der Waals surface area contributed by atoms with E-state index in [1.807, 2.05) is 0 Å². The molecule has 1 heterocycles. The van der Waals surface area contributed by atoms with Gasteiger partial charge in [-0.25, -0.2) is 4.57 Å². The number of aliphatic hydroxyl groups is 3. The number of ether oxygens (including phenoxy) is 2. The normalized spacial score (nSPS) is 31.6. The third-order valence-electron chi connectivity index (χ3n) is 3.97. The maximum atomic E-state index is 11.0. The highest BCUT2D eigenvalue weighted by molar-refractivity contribution is 7.46. The fourth-order valence-electron chi connectivity index (χ4n) is 2.83. The highest BCUT2D eigenvalue weighted by atomic mass is 31.2. The lowest BCUT2D eigenvalue weighted by Gasteiger charge is -2.41. The molecular weight excluding hydrogens is 343 g/mol. The lowest BCUT2D eigenvalue weighted by Crippen LogP contribution is -2.60. The van der Waals surface area contributed by atoms with Gasteiger partial charge in [0.25, 0.3) is 0 Å². The van der Waals surface area contributed by atoms with Crippen LogP contribution < -0.4 is 0 Å². The second kappa shape index (κ2) is 10.2. The second-order valence-electron chi connectivity index (χ2n) is 6.04. The van der Waals surface area contributed by atoms with Crippen LogP contribution >= 0.6 is 7.82 Å². The molecule has 5 atom stereocenters. The fraction of sp³-hybridized carbons (Fsp3) is 1.00. The quantitative estimate of drug-likeness (QED) is 0.338. The van der Waals surface area contributed by atoms with Crippen LogP contribution in [0.1, 0.15) is 39.5 Å². The molecule has 0 radical (unpaired) electrons. The van der Waals surface area contributed by atoms with Crippen LogP contribution in [0.5, 0.6) is 0 Å². The van der Waals surface area contributed by atoms with Gasteiger partial charge in [-0.05, 0) is 18.8 Å². The minimum Gasteiger partial charge on any atom is -0.394 e. The third kappa shape index (κ3) is 6.67. The maximum Gasteiger partial charge on any atom is 0.470 e. The molecule has 0 bridgehead atoms. The zero-order valence-electron chi connectivity index (χ0n) is 14.0. The highest BCUT2D eigenvalue weighted by Crippen LogP contribution is 2.41. The molecule has 1 rings (SSSR count). The zero-order chi connectivity index (χ0) is 18.3. The number of aliphatic hydroxyl groups excluding tert-OH is 3. The summed E-state index contributed by atoms with van der Waals surface area (Å²) in [6.07, 6.45) is -3.43. The molecule has 9 nitrogen and oxygen atoms in total. The van der Waals surface area contributed by atoms with Gasteiger partial charge in [0.2, 0.25) is 0 Å². The highest BCUT2D eigenvalue weighted by Gasteiger charge is 2.48. The van der Waals surface area contributed by atoms with Gasteiger partial charge in [-0.3, -0.25) is 4.52 Å². The van der Waals surface area contributed by atoms with Gasteiger partial charge in [-0.2, -0.15) is 0 Å². The van der Waals surface area contributed by atoms with Crippen LogP contribution in [0, 0.1) is 5.92 Å². The van der Waals surface area contributed by atoms with E-state index in [4.69, 9.17) is 19.3 Å². The van der Waals surface area contributed by atoms with Crippen LogP contribution in [0.15, 0.2) is 0 Å². The number of hydrogen-bond acceptors (Lipinski definition) is 7. The van der Waals surface area contributed by atoms with Crippen LogP contribution in [-0.4, -0.2) is 69.0 Å². The van der Waals surface area contributed by atoms with E-state index < -0.39 is 45.1 Å². The van der Waals surface area contributed by atoms with Gasteiger partial charge in [0.15, 0.2) is 6.29 Å². The van der Waals surface area contributed by atoms with Crippen molar-refractivity contribution in [3.05, 3.63) is 0 Å². The zero-order valence-corrected chi connectivity index (χ0v) is 14.9. The smallest absolute Gasteiger partial charge is 0.394 e. The van der Waals surface area contributed by atoms with E-state index in [-0.39, 0.29) is 5.92 Å². The molecule has 0 aromatic heterocycles. The Hall–Kier alpha value is -0.0900. The van der Waals surface area contributed by atoms with Gasteiger partial charge >= 0.3 is 7.82 Å². The molecule has 1 aliphatic heterocycles. The first kappa shape index (κ1) is 22.0. The average molecular weight is 372 g/mol. The summed E-state index contributed by atoms with van der Waals surface area (Å²) in [5.41, 5.74) is 0. The van der Waals surface area contributed by atoms with Crippen molar-refractivity contribution in [1.29, 1.82) is 0 Å². The maximum absolute atomic E-state index is 11.0. The Bertz CT molecular complexity index is 396. The SMILES string of the molecule is CCCC(CCC)CO[C@@H]1O[C@H](CO)[C@H](O)[C@H](OP(=O)(O)O)[C@H]1O. The molecule has 1 fully saturated rings. The lowest BCUT2D eigenvalue weighted by molar-refractivity contribution is -0.300. The van der Waals surface area contributed by atoms with Crippen molar-refractivity contribution in [1.82, 2.24) is 0 Å². The molecule has 24 heavy (non-hydrogen) atoms. The monoisotopic (exact) mass is 372 g/mol. The summed E-state index contributed by atoms with van der Waals surface area (Å²) in [5, 5.41) is 29.4. The number of phosphoric acid groups is 1. The van der Waals surface area contributed by atoms with Crippen molar-refractivity contribution in [3.63, 3.8) is 0 Å². The number of hydrogen-bond donors (Lipinski definition) is 5. The molecule has 0 aromatic carbocycles. The minimum absolute atomic E-state index is 0.261. The summed E-state index contributed by atoms with van der Waals surface area (Å²) in [5.74, 6) is 0.261. The molecule has 1 aliphatic rings. The molecule has 0 aromatic rings. The molecule has 0 unspecified atom stereocenters. The van der Waals surface area contributed by atoms with E-state index in [1.165, 1.54) is 0 Å². The first-order valence-corrected chi connectivity index (χ1v) is 9.74. The molecule has 0 amide bonds. The Morgan fingerprint density at radius 3 is 2.17 bits per heavy atom.